The minimum absolute atomic E-state index is 0.0952. The Bertz CT molecular complexity index is 789. The molecule has 0 radical (unpaired) electrons. The fourth-order valence-electron chi connectivity index (χ4n) is 2.26. The highest BCUT2D eigenvalue weighted by molar-refractivity contribution is 6.31. The number of hydrogen-bond acceptors (Lipinski definition) is 3. The molecule has 0 aromatic heterocycles. The number of anilines is 2. The van der Waals surface area contributed by atoms with Crippen LogP contribution in [0.25, 0.3) is 0 Å². The van der Waals surface area contributed by atoms with Crippen LogP contribution >= 0.6 is 11.6 Å². The van der Waals surface area contributed by atoms with E-state index < -0.39 is 6.03 Å². The maximum Gasteiger partial charge on any atom is 0.323 e. The van der Waals surface area contributed by atoms with Crippen molar-refractivity contribution in [3.63, 3.8) is 0 Å². The Morgan fingerprint density at radius 2 is 1.80 bits per heavy atom. The first-order valence-electron chi connectivity index (χ1n) is 7.87. The van der Waals surface area contributed by atoms with Crippen molar-refractivity contribution in [2.75, 3.05) is 17.7 Å². The van der Waals surface area contributed by atoms with E-state index in [1.807, 2.05) is 0 Å². The topological polar surface area (TPSA) is 79.5 Å². The second-order valence-electron chi connectivity index (χ2n) is 5.75. The summed E-state index contributed by atoms with van der Waals surface area (Å²) < 4.78 is 5.18. The summed E-state index contributed by atoms with van der Waals surface area (Å²) in [6.07, 6.45) is 2.08. The van der Waals surface area contributed by atoms with E-state index in [4.69, 9.17) is 16.3 Å². The Kier molecular flexibility index (Phi) is 5.09. The van der Waals surface area contributed by atoms with Gasteiger partial charge in [-0.3, -0.25) is 4.79 Å². The SMILES string of the molecule is COc1ccc(Cl)cc1NC(=O)Nc1ccc(C(=O)NC2CC2)cc1. The van der Waals surface area contributed by atoms with Gasteiger partial charge in [-0.15, -0.1) is 0 Å². The number of carbonyl (C=O) groups excluding carboxylic acids is 2. The van der Waals surface area contributed by atoms with Crippen molar-refractivity contribution >= 4 is 34.9 Å². The summed E-state index contributed by atoms with van der Waals surface area (Å²) >= 11 is 5.94. The van der Waals surface area contributed by atoms with E-state index in [0.717, 1.165) is 12.8 Å². The van der Waals surface area contributed by atoms with Gasteiger partial charge in [0.05, 0.1) is 12.8 Å². The molecule has 130 valence electrons. The highest BCUT2D eigenvalue weighted by atomic mass is 35.5. The molecule has 0 spiro atoms. The molecule has 1 saturated carbocycles. The molecule has 2 aromatic carbocycles. The maximum absolute atomic E-state index is 12.1. The summed E-state index contributed by atoms with van der Waals surface area (Å²) in [4.78, 5) is 24.1. The Morgan fingerprint density at radius 3 is 2.44 bits per heavy atom. The summed E-state index contributed by atoms with van der Waals surface area (Å²) in [7, 11) is 1.51. The van der Waals surface area contributed by atoms with Crippen LogP contribution in [0.5, 0.6) is 5.75 Å². The number of halogens is 1. The predicted molar refractivity (Wildman–Crippen MR) is 97.6 cm³/mol. The fourth-order valence-corrected chi connectivity index (χ4v) is 2.44. The van der Waals surface area contributed by atoms with Gasteiger partial charge in [0.1, 0.15) is 5.75 Å². The van der Waals surface area contributed by atoms with Gasteiger partial charge in [0.2, 0.25) is 0 Å². The lowest BCUT2D eigenvalue weighted by molar-refractivity contribution is 0.0951. The third-order valence-corrected chi connectivity index (χ3v) is 3.96. The van der Waals surface area contributed by atoms with E-state index in [1.165, 1.54) is 7.11 Å². The summed E-state index contributed by atoms with van der Waals surface area (Å²) in [5.74, 6) is 0.411. The lowest BCUT2D eigenvalue weighted by atomic mass is 10.2. The Hall–Kier alpha value is -2.73. The van der Waals surface area contributed by atoms with E-state index >= 15 is 0 Å². The van der Waals surface area contributed by atoms with Crippen LogP contribution in [0.1, 0.15) is 23.2 Å². The van der Waals surface area contributed by atoms with Crippen molar-refractivity contribution in [3.8, 4) is 5.75 Å². The average molecular weight is 360 g/mol. The van der Waals surface area contributed by atoms with Gasteiger partial charge in [-0.2, -0.15) is 0 Å². The van der Waals surface area contributed by atoms with Gasteiger partial charge < -0.3 is 20.7 Å². The van der Waals surface area contributed by atoms with Crippen molar-refractivity contribution in [3.05, 3.63) is 53.1 Å². The number of urea groups is 1. The van der Waals surface area contributed by atoms with Crippen LogP contribution in [0, 0.1) is 0 Å². The molecule has 0 heterocycles. The summed E-state index contributed by atoms with van der Waals surface area (Å²) in [6, 6.07) is 11.5. The molecule has 3 N–H and O–H groups in total. The largest absolute Gasteiger partial charge is 0.495 e. The smallest absolute Gasteiger partial charge is 0.323 e. The number of carbonyl (C=O) groups is 2. The average Bonchev–Trinajstić information content (AvgIpc) is 3.39. The van der Waals surface area contributed by atoms with E-state index in [2.05, 4.69) is 16.0 Å². The number of methoxy groups -OCH3 is 1. The molecular formula is C18H18ClN3O3. The first kappa shape index (κ1) is 17.1. The van der Waals surface area contributed by atoms with E-state index in [-0.39, 0.29) is 5.91 Å². The lowest BCUT2D eigenvalue weighted by Crippen LogP contribution is -2.25. The lowest BCUT2D eigenvalue weighted by Gasteiger charge is -2.12. The van der Waals surface area contributed by atoms with Crippen molar-refractivity contribution in [1.29, 1.82) is 0 Å². The standard InChI is InChI=1S/C18H18ClN3O3/c1-25-16-9-4-12(19)10-15(16)22-18(24)21-14-5-2-11(3-6-14)17(23)20-13-7-8-13/h2-6,9-10,13H,7-8H2,1H3,(H,20,23)(H2,21,22,24). The molecule has 25 heavy (non-hydrogen) atoms. The molecule has 0 aliphatic heterocycles. The zero-order valence-corrected chi connectivity index (χ0v) is 14.4. The number of rotatable bonds is 5. The number of nitrogens with one attached hydrogen (secondary N) is 3. The zero-order chi connectivity index (χ0) is 17.8. The molecule has 0 unspecified atom stereocenters. The third-order valence-electron chi connectivity index (χ3n) is 3.73. The molecule has 2 aromatic rings. The summed E-state index contributed by atoms with van der Waals surface area (Å²) in [5.41, 5.74) is 1.60. The van der Waals surface area contributed by atoms with Crippen LogP contribution < -0.4 is 20.7 Å². The van der Waals surface area contributed by atoms with Gasteiger partial charge in [0.25, 0.3) is 5.91 Å². The number of hydrogen-bond donors (Lipinski definition) is 3. The minimum Gasteiger partial charge on any atom is -0.495 e. The molecule has 0 atom stereocenters. The van der Waals surface area contributed by atoms with Crippen molar-refractivity contribution < 1.29 is 14.3 Å². The first-order chi connectivity index (χ1) is 12.0. The minimum atomic E-state index is -0.434. The van der Waals surface area contributed by atoms with Gasteiger partial charge in [-0.1, -0.05) is 11.6 Å². The Balaban J connectivity index is 1.61. The molecule has 0 saturated heterocycles. The quantitative estimate of drug-likeness (QED) is 0.757. The Labute approximate surface area is 150 Å². The van der Waals surface area contributed by atoms with Gasteiger partial charge in [-0.25, -0.2) is 4.79 Å². The van der Waals surface area contributed by atoms with Crippen LogP contribution in [0.15, 0.2) is 42.5 Å². The van der Waals surface area contributed by atoms with E-state index in [1.54, 1.807) is 42.5 Å². The maximum atomic E-state index is 12.1. The van der Waals surface area contributed by atoms with Gasteiger partial charge in [0, 0.05) is 22.3 Å². The first-order valence-corrected chi connectivity index (χ1v) is 8.25. The molecule has 3 amide bonds. The summed E-state index contributed by atoms with van der Waals surface area (Å²) in [6.45, 7) is 0. The summed E-state index contributed by atoms with van der Waals surface area (Å²) in [5, 5.41) is 8.79. The van der Waals surface area contributed by atoms with Crippen LogP contribution in [0.4, 0.5) is 16.2 Å². The molecule has 6 nitrogen and oxygen atoms in total. The van der Waals surface area contributed by atoms with Crippen molar-refractivity contribution in [2.24, 2.45) is 0 Å². The van der Waals surface area contributed by atoms with Crippen LogP contribution in [-0.4, -0.2) is 25.1 Å². The van der Waals surface area contributed by atoms with Gasteiger partial charge in [-0.05, 0) is 55.3 Å². The zero-order valence-electron chi connectivity index (χ0n) is 13.6. The number of ether oxygens (including phenoxy) is 1. The molecular weight excluding hydrogens is 342 g/mol. The predicted octanol–water partition coefficient (Wildman–Crippen LogP) is 3.88. The van der Waals surface area contributed by atoms with E-state index in [9.17, 15) is 9.59 Å². The molecule has 7 heteroatoms. The van der Waals surface area contributed by atoms with Crippen molar-refractivity contribution in [1.82, 2.24) is 5.32 Å². The molecule has 0 bridgehead atoms. The monoisotopic (exact) mass is 359 g/mol. The fraction of sp³-hybridized carbons (Fsp3) is 0.222. The third kappa shape index (κ3) is 4.64. The van der Waals surface area contributed by atoms with Crippen molar-refractivity contribution in [2.45, 2.75) is 18.9 Å². The molecule has 1 fully saturated rings. The van der Waals surface area contributed by atoms with Gasteiger partial charge >= 0.3 is 6.03 Å². The molecule has 1 aliphatic rings. The van der Waals surface area contributed by atoms with Crippen LogP contribution in [0.3, 0.4) is 0 Å². The highest BCUT2D eigenvalue weighted by Crippen LogP contribution is 2.27. The Morgan fingerprint density at radius 1 is 1.08 bits per heavy atom. The molecule has 1 aliphatic carbocycles. The van der Waals surface area contributed by atoms with Crippen LogP contribution in [-0.2, 0) is 0 Å². The molecule has 3 rings (SSSR count). The van der Waals surface area contributed by atoms with E-state index in [0.29, 0.717) is 33.8 Å². The second kappa shape index (κ2) is 7.44. The number of benzene rings is 2. The highest BCUT2D eigenvalue weighted by Gasteiger charge is 2.23. The van der Waals surface area contributed by atoms with Gasteiger partial charge in [0.15, 0.2) is 0 Å². The second-order valence-corrected chi connectivity index (χ2v) is 6.19. The normalized spacial score (nSPS) is 13.0. The van der Waals surface area contributed by atoms with Crippen LogP contribution in [0.2, 0.25) is 5.02 Å². The number of amides is 3.